The summed E-state index contributed by atoms with van der Waals surface area (Å²) in [6.07, 6.45) is 4.76. The monoisotopic (exact) mass is 316 g/mol. The van der Waals surface area contributed by atoms with E-state index in [0.717, 1.165) is 0 Å². The van der Waals surface area contributed by atoms with Crippen molar-refractivity contribution >= 4 is 5.97 Å². The fourth-order valence-electron chi connectivity index (χ4n) is 1.93. The van der Waals surface area contributed by atoms with E-state index in [2.05, 4.69) is 25.4 Å². The number of rotatable bonds is 6. The predicted molar refractivity (Wildman–Crippen MR) is 73.7 cm³/mol. The minimum Gasteiger partial charge on any atom is -0.477 e. The Morgan fingerprint density at radius 2 is 2.17 bits per heavy atom. The lowest BCUT2D eigenvalue weighted by Crippen LogP contribution is -2.07. The van der Waals surface area contributed by atoms with Crippen LogP contribution in [0.2, 0.25) is 0 Å². The highest BCUT2D eigenvalue weighted by Gasteiger charge is 2.20. The highest BCUT2D eigenvalue weighted by molar-refractivity contribution is 5.89. The van der Waals surface area contributed by atoms with E-state index >= 15 is 0 Å². The first kappa shape index (κ1) is 14.6. The average molecular weight is 316 g/mol. The number of aryl methyl sites for hydroxylation is 1. The molecule has 0 unspecified atom stereocenters. The Bertz CT molecular complexity index is 813. The third-order valence-electron chi connectivity index (χ3n) is 2.94. The number of nitrogens with zero attached hydrogens (tertiary/aromatic N) is 6. The van der Waals surface area contributed by atoms with Gasteiger partial charge in [0, 0.05) is 12.4 Å². The van der Waals surface area contributed by atoms with Crippen LogP contribution in [0.25, 0.3) is 0 Å². The fourth-order valence-corrected chi connectivity index (χ4v) is 1.93. The normalized spacial score (nSPS) is 10.7. The van der Waals surface area contributed by atoms with Gasteiger partial charge in [0.15, 0.2) is 0 Å². The highest BCUT2D eigenvalue weighted by atomic mass is 16.5. The molecule has 0 saturated heterocycles. The molecule has 0 aliphatic rings. The molecule has 23 heavy (non-hydrogen) atoms. The largest absolute Gasteiger partial charge is 0.477 e. The van der Waals surface area contributed by atoms with Gasteiger partial charge in [-0.3, -0.25) is 0 Å². The molecule has 0 aliphatic heterocycles. The third-order valence-corrected chi connectivity index (χ3v) is 2.94. The van der Waals surface area contributed by atoms with Gasteiger partial charge >= 0.3 is 12.0 Å². The summed E-state index contributed by atoms with van der Waals surface area (Å²) in [5, 5.41) is 20.7. The van der Waals surface area contributed by atoms with Gasteiger partial charge in [0.1, 0.15) is 29.3 Å². The zero-order chi connectivity index (χ0) is 16.2. The van der Waals surface area contributed by atoms with Crippen LogP contribution >= 0.6 is 0 Å². The van der Waals surface area contributed by atoms with Crippen molar-refractivity contribution in [2.75, 3.05) is 0 Å². The smallest absolute Gasteiger partial charge is 0.341 e. The van der Waals surface area contributed by atoms with Gasteiger partial charge < -0.3 is 14.4 Å². The molecular weight excluding hydrogens is 304 g/mol. The topological polar surface area (TPSA) is 129 Å². The SMILES string of the molecule is Cc1onc(Cn2cc(COc3ncccn3)nn2)c1C(=O)O. The van der Waals surface area contributed by atoms with E-state index in [0.29, 0.717) is 5.69 Å². The Labute approximate surface area is 129 Å². The zero-order valence-electron chi connectivity index (χ0n) is 12.1. The Morgan fingerprint density at radius 1 is 1.39 bits per heavy atom. The van der Waals surface area contributed by atoms with Crippen molar-refractivity contribution in [2.24, 2.45) is 0 Å². The number of carboxylic acids is 1. The van der Waals surface area contributed by atoms with Crippen molar-refractivity contribution < 1.29 is 19.2 Å². The molecule has 118 valence electrons. The minimum absolute atomic E-state index is 0.0379. The van der Waals surface area contributed by atoms with Gasteiger partial charge in [-0.15, -0.1) is 5.10 Å². The zero-order valence-corrected chi connectivity index (χ0v) is 12.1. The van der Waals surface area contributed by atoms with E-state index < -0.39 is 5.97 Å². The number of hydrogen-bond donors (Lipinski definition) is 1. The number of aromatic carboxylic acids is 1. The van der Waals surface area contributed by atoms with Crippen LogP contribution in [0.15, 0.2) is 29.2 Å². The van der Waals surface area contributed by atoms with Crippen LogP contribution in [0.4, 0.5) is 0 Å². The molecule has 0 radical (unpaired) electrons. The first-order valence-electron chi connectivity index (χ1n) is 6.60. The summed E-state index contributed by atoms with van der Waals surface area (Å²) >= 11 is 0. The summed E-state index contributed by atoms with van der Waals surface area (Å²) in [5.74, 6) is -0.846. The van der Waals surface area contributed by atoms with E-state index in [-0.39, 0.29) is 36.2 Å². The summed E-state index contributed by atoms with van der Waals surface area (Å²) in [5.41, 5.74) is 0.865. The van der Waals surface area contributed by atoms with Gasteiger partial charge in [-0.05, 0) is 13.0 Å². The minimum atomic E-state index is -1.09. The summed E-state index contributed by atoms with van der Waals surface area (Å²) in [7, 11) is 0. The van der Waals surface area contributed by atoms with Crippen LogP contribution in [-0.4, -0.2) is 41.2 Å². The summed E-state index contributed by atoms with van der Waals surface area (Å²) in [4.78, 5) is 19.0. The molecule has 0 atom stereocenters. The predicted octanol–water partition coefficient (Wildman–Crippen LogP) is 0.690. The van der Waals surface area contributed by atoms with Crippen LogP contribution < -0.4 is 4.74 Å². The molecule has 0 aromatic carbocycles. The van der Waals surface area contributed by atoms with Gasteiger partial charge in [-0.1, -0.05) is 10.4 Å². The second-order valence-electron chi connectivity index (χ2n) is 4.59. The molecule has 3 rings (SSSR count). The van der Waals surface area contributed by atoms with E-state index in [1.165, 1.54) is 4.68 Å². The lowest BCUT2D eigenvalue weighted by atomic mass is 10.2. The average Bonchev–Trinajstić information content (AvgIpc) is 3.13. The van der Waals surface area contributed by atoms with Crippen LogP contribution in [0, 0.1) is 6.92 Å². The highest BCUT2D eigenvalue weighted by Crippen LogP contribution is 2.14. The van der Waals surface area contributed by atoms with E-state index in [1.54, 1.807) is 31.6 Å². The third kappa shape index (κ3) is 3.31. The molecule has 0 fully saturated rings. The molecule has 0 spiro atoms. The molecule has 3 aromatic rings. The van der Waals surface area contributed by atoms with Crippen molar-refractivity contribution in [3.05, 3.63) is 47.4 Å². The van der Waals surface area contributed by atoms with Crippen molar-refractivity contribution in [3.8, 4) is 6.01 Å². The van der Waals surface area contributed by atoms with Crippen LogP contribution in [0.1, 0.15) is 27.5 Å². The second-order valence-corrected chi connectivity index (χ2v) is 4.59. The van der Waals surface area contributed by atoms with Gasteiger partial charge in [-0.2, -0.15) is 0 Å². The standard InChI is InChI=1S/C13H12N6O4/c1-8-11(12(20)21)10(17-23-8)6-19-5-9(16-18-19)7-22-13-14-3-2-4-15-13/h2-5H,6-7H2,1H3,(H,20,21). The second kappa shape index (κ2) is 6.22. The Kier molecular flexibility index (Phi) is 3.95. The number of carbonyl (C=O) groups is 1. The van der Waals surface area contributed by atoms with Crippen LogP contribution in [0.3, 0.4) is 0 Å². The lowest BCUT2D eigenvalue weighted by Gasteiger charge is -1.99. The van der Waals surface area contributed by atoms with Crippen molar-refractivity contribution in [1.29, 1.82) is 0 Å². The number of ether oxygens (including phenoxy) is 1. The molecule has 3 aromatic heterocycles. The first-order valence-corrected chi connectivity index (χ1v) is 6.60. The molecule has 0 saturated carbocycles. The van der Waals surface area contributed by atoms with Gasteiger partial charge in [0.25, 0.3) is 0 Å². The number of aromatic nitrogens is 6. The van der Waals surface area contributed by atoms with Crippen molar-refractivity contribution in [2.45, 2.75) is 20.1 Å². The Balaban J connectivity index is 1.67. The van der Waals surface area contributed by atoms with Gasteiger partial charge in [0.05, 0.1) is 12.7 Å². The van der Waals surface area contributed by atoms with Gasteiger partial charge in [-0.25, -0.2) is 19.4 Å². The molecule has 0 aliphatic carbocycles. The molecule has 10 heteroatoms. The Hall–Kier alpha value is -3.30. The molecule has 0 bridgehead atoms. The molecule has 0 amide bonds. The molecule has 1 N–H and O–H groups in total. The summed E-state index contributed by atoms with van der Waals surface area (Å²) in [6.45, 7) is 1.82. The summed E-state index contributed by atoms with van der Waals surface area (Å²) in [6, 6.07) is 1.92. The molecular formula is C13H12N6O4. The van der Waals surface area contributed by atoms with E-state index in [9.17, 15) is 4.79 Å². The van der Waals surface area contributed by atoms with Crippen LogP contribution in [0.5, 0.6) is 6.01 Å². The summed E-state index contributed by atoms with van der Waals surface area (Å²) < 4.78 is 11.7. The van der Waals surface area contributed by atoms with Crippen LogP contribution in [-0.2, 0) is 13.2 Å². The maximum absolute atomic E-state index is 11.2. The van der Waals surface area contributed by atoms with Crippen molar-refractivity contribution in [3.63, 3.8) is 0 Å². The number of hydrogen-bond acceptors (Lipinski definition) is 8. The molecule has 10 nitrogen and oxygen atoms in total. The van der Waals surface area contributed by atoms with Crippen molar-refractivity contribution in [1.82, 2.24) is 30.1 Å². The fraction of sp³-hybridized carbons (Fsp3) is 0.231. The van der Waals surface area contributed by atoms with Gasteiger partial charge in [0.2, 0.25) is 0 Å². The maximum Gasteiger partial charge on any atom is 0.341 e. The Morgan fingerprint density at radius 3 is 2.91 bits per heavy atom. The molecule has 3 heterocycles. The van der Waals surface area contributed by atoms with E-state index in [1.807, 2.05) is 0 Å². The van der Waals surface area contributed by atoms with E-state index in [4.69, 9.17) is 14.4 Å². The maximum atomic E-state index is 11.2. The lowest BCUT2D eigenvalue weighted by molar-refractivity contribution is 0.0694. The first-order chi connectivity index (χ1) is 11.1. The number of carboxylic acid groups (broad SMARTS) is 1. The quantitative estimate of drug-likeness (QED) is 0.698.